The molecule has 0 unspecified atom stereocenters. The standard InChI is InChI=1S/C17H13ClN6O3/c1-9-5-10(2)24-17(19-9)21-15(22-24)16(26)27-8-12-6-14(25)23-7-11(18)3-4-13(23)20-12/h3-7H,8H2,1-2H3. The van der Waals surface area contributed by atoms with Crippen LogP contribution in [0.1, 0.15) is 27.7 Å². The van der Waals surface area contributed by atoms with E-state index in [-0.39, 0.29) is 18.0 Å². The van der Waals surface area contributed by atoms with Crippen molar-refractivity contribution in [3.05, 3.63) is 68.7 Å². The summed E-state index contributed by atoms with van der Waals surface area (Å²) in [5.41, 5.74) is 1.96. The molecule has 0 saturated heterocycles. The second-order valence-electron chi connectivity index (χ2n) is 5.92. The van der Waals surface area contributed by atoms with Gasteiger partial charge in [0.05, 0.1) is 10.7 Å². The van der Waals surface area contributed by atoms with E-state index >= 15 is 0 Å². The third kappa shape index (κ3) is 3.24. The summed E-state index contributed by atoms with van der Waals surface area (Å²) in [4.78, 5) is 37.0. The Balaban J connectivity index is 1.57. The van der Waals surface area contributed by atoms with Crippen molar-refractivity contribution in [1.82, 2.24) is 29.0 Å². The molecular formula is C17H13ClN6O3. The van der Waals surface area contributed by atoms with Gasteiger partial charge in [-0.25, -0.2) is 19.3 Å². The third-order valence-corrected chi connectivity index (χ3v) is 4.05. The number of aryl methyl sites for hydroxylation is 2. The molecule has 0 bridgehead atoms. The summed E-state index contributed by atoms with van der Waals surface area (Å²) in [6, 6.07) is 6.34. The van der Waals surface area contributed by atoms with Crippen molar-refractivity contribution in [3.8, 4) is 0 Å². The van der Waals surface area contributed by atoms with Crippen molar-refractivity contribution in [2.45, 2.75) is 20.5 Å². The van der Waals surface area contributed by atoms with Crippen LogP contribution in [0.4, 0.5) is 0 Å². The number of fused-ring (bicyclic) bond motifs is 2. The Labute approximate surface area is 157 Å². The molecule has 0 amide bonds. The first-order valence-corrected chi connectivity index (χ1v) is 8.34. The van der Waals surface area contributed by atoms with E-state index in [1.807, 2.05) is 19.9 Å². The first kappa shape index (κ1) is 17.1. The molecule has 0 fully saturated rings. The van der Waals surface area contributed by atoms with Crippen LogP contribution in [0.25, 0.3) is 11.4 Å². The van der Waals surface area contributed by atoms with E-state index in [4.69, 9.17) is 16.3 Å². The van der Waals surface area contributed by atoms with Gasteiger partial charge in [0, 0.05) is 23.7 Å². The zero-order valence-corrected chi connectivity index (χ0v) is 15.1. The minimum Gasteiger partial charge on any atom is -0.453 e. The maximum atomic E-state index is 12.3. The molecule has 0 atom stereocenters. The van der Waals surface area contributed by atoms with Gasteiger partial charge >= 0.3 is 5.97 Å². The van der Waals surface area contributed by atoms with Crippen LogP contribution < -0.4 is 5.56 Å². The minimum atomic E-state index is -0.726. The first-order valence-electron chi connectivity index (χ1n) is 7.97. The molecule has 27 heavy (non-hydrogen) atoms. The molecule has 9 nitrogen and oxygen atoms in total. The maximum Gasteiger partial charge on any atom is 0.378 e. The lowest BCUT2D eigenvalue weighted by molar-refractivity contribution is 0.0453. The van der Waals surface area contributed by atoms with Crippen LogP contribution in [-0.2, 0) is 11.3 Å². The molecule has 0 aliphatic heterocycles. The Morgan fingerprint density at radius 1 is 1.19 bits per heavy atom. The monoisotopic (exact) mass is 384 g/mol. The summed E-state index contributed by atoms with van der Waals surface area (Å²) in [5, 5.41) is 4.53. The van der Waals surface area contributed by atoms with Crippen LogP contribution >= 0.6 is 11.6 Å². The average molecular weight is 385 g/mol. The number of carbonyl (C=O) groups is 1. The number of hydrogen-bond donors (Lipinski definition) is 0. The van der Waals surface area contributed by atoms with E-state index < -0.39 is 5.97 Å². The number of ether oxygens (including phenoxy) is 1. The number of hydrogen-bond acceptors (Lipinski definition) is 7. The molecule has 0 saturated carbocycles. The summed E-state index contributed by atoms with van der Waals surface area (Å²) < 4.78 is 7.98. The Hall–Kier alpha value is -3.33. The van der Waals surface area contributed by atoms with E-state index in [1.165, 1.54) is 21.2 Å². The Bertz CT molecular complexity index is 1260. The lowest BCUT2D eigenvalue weighted by Crippen LogP contribution is -2.17. The number of esters is 1. The summed E-state index contributed by atoms with van der Waals surface area (Å²) in [7, 11) is 0. The van der Waals surface area contributed by atoms with Gasteiger partial charge in [0.2, 0.25) is 0 Å². The zero-order chi connectivity index (χ0) is 19.1. The molecule has 0 N–H and O–H groups in total. The number of nitrogens with zero attached hydrogens (tertiary/aromatic N) is 6. The zero-order valence-electron chi connectivity index (χ0n) is 14.4. The third-order valence-electron chi connectivity index (χ3n) is 3.83. The Morgan fingerprint density at radius 3 is 2.81 bits per heavy atom. The molecule has 0 radical (unpaired) electrons. The van der Waals surface area contributed by atoms with Crippen LogP contribution in [0.2, 0.25) is 5.02 Å². The van der Waals surface area contributed by atoms with Crippen LogP contribution in [-0.4, -0.2) is 34.9 Å². The summed E-state index contributed by atoms with van der Waals surface area (Å²) in [6.07, 6.45) is 1.47. The van der Waals surface area contributed by atoms with Gasteiger partial charge in [-0.2, -0.15) is 4.98 Å². The molecule has 0 aliphatic carbocycles. The van der Waals surface area contributed by atoms with Gasteiger partial charge in [0.25, 0.3) is 17.2 Å². The highest BCUT2D eigenvalue weighted by Crippen LogP contribution is 2.10. The smallest absolute Gasteiger partial charge is 0.378 e. The predicted molar refractivity (Wildman–Crippen MR) is 95.8 cm³/mol. The second-order valence-corrected chi connectivity index (χ2v) is 6.36. The predicted octanol–water partition coefficient (Wildman–Crippen LogP) is 1.76. The summed E-state index contributed by atoms with van der Waals surface area (Å²) in [5.74, 6) is -0.519. The quantitative estimate of drug-likeness (QED) is 0.495. The van der Waals surface area contributed by atoms with Crippen molar-refractivity contribution in [3.63, 3.8) is 0 Å². The van der Waals surface area contributed by atoms with E-state index in [0.29, 0.717) is 22.1 Å². The van der Waals surface area contributed by atoms with Crippen molar-refractivity contribution in [2.75, 3.05) is 0 Å². The fraction of sp³-hybridized carbons (Fsp3) is 0.176. The number of rotatable bonds is 3. The van der Waals surface area contributed by atoms with E-state index in [9.17, 15) is 9.59 Å². The van der Waals surface area contributed by atoms with Crippen molar-refractivity contribution < 1.29 is 9.53 Å². The topological polar surface area (TPSA) is 104 Å². The van der Waals surface area contributed by atoms with Gasteiger partial charge in [-0.3, -0.25) is 9.20 Å². The van der Waals surface area contributed by atoms with E-state index in [1.54, 1.807) is 12.1 Å². The van der Waals surface area contributed by atoms with Crippen molar-refractivity contribution >= 4 is 29.0 Å². The highest BCUT2D eigenvalue weighted by Gasteiger charge is 2.17. The van der Waals surface area contributed by atoms with Crippen LogP contribution in [0.3, 0.4) is 0 Å². The van der Waals surface area contributed by atoms with Gasteiger partial charge in [0.1, 0.15) is 12.3 Å². The largest absolute Gasteiger partial charge is 0.453 e. The second kappa shape index (κ2) is 6.44. The molecule has 136 valence electrons. The maximum absolute atomic E-state index is 12.3. The molecule has 0 spiro atoms. The molecule has 0 aliphatic rings. The number of aromatic nitrogens is 6. The van der Waals surface area contributed by atoms with Gasteiger partial charge in [-0.05, 0) is 32.0 Å². The normalized spacial score (nSPS) is 11.2. The van der Waals surface area contributed by atoms with Crippen molar-refractivity contribution in [1.29, 1.82) is 0 Å². The summed E-state index contributed by atoms with van der Waals surface area (Å²) >= 11 is 5.88. The van der Waals surface area contributed by atoms with Gasteiger partial charge in [0.15, 0.2) is 0 Å². The fourth-order valence-corrected chi connectivity index (χ4v) is 2.82. The average Bonchev–Trinajstić information content (AvgIpc) is 3.05. The molecule has 4 aromatic rings. The molecule has 4 heterocycles. The lowest BCUT2D eigenvalue weighted by atomic mass is 10.4. The van der Waals surface area contributed by atoms with Gasteiger partial charge in [-0.1, -0.05) is 11.6 Å². The molecule has 4 aromatic heterocycles. The first-order chi connectivity index (χ1) is 12.9. The SMILES string of the molecule is Cc1cc(C)n2nc(C(=O)OCc3cc(=O)n4cc(Cl)ccc4n3)nc2n1. The van der Waals surface area contributed by atoms with E-state index in [2.05, 4.69) is 20.1 Å². The van der Waals surface area contributed by atoms with Crippen LogP contribution in [0.15, 0.2) is 35.3 Å². The number of halogens is 1. The minimum absolute atomic E-state index is 0.111. The molecule has 10 heteroatoms. The van der Waals surface area contributed by atoms with Crippen LogP contribution in [0, 0.1) is 13.8 Å². The highest BCUT2D eigenvalue weighted by molar-refractivity contribution is 6.30. The molecular weight excluding hydrogens is 372 g/mol. The number of pyridine rings is 1. The van der Waals surface area contributed by atoms with Gasteiger partial charge in [-0.15, -0.1) is 5.10 Å². The molecule has 0 aromatic carbocycles. The highest BCUT2D eigenvalue weighted by atomic mass is 35.5. The lowest BCUT2D eigenvalue weighted by Gasteiger charge is -2.05. The number of carbonyl (C=O) groups excluding carboxylic acids is 1. The fourth-order valence-electron chi connectivity index (χ4n) is 2.66. The Kier molecular flexibility index (Phi) is 4.08. The van der Waals surface area contributed by atoms with Crippen LogP contribution in [0.5, 0.6) is 0 Å². The van der Waals surface area contributed by atoms with E-state index in [0.717, 1.165) is 11.4 Å². The molecule has 4 rings (SSSR count). The van der Waals surface area contributed by atoms with Crippen molar-refractivity contribution in [2.24, 2.45) is 0 Å². The summed E-state index contributed by atoms with van der Waals surface area (Å²) in [6.45, 7) is 3.48. The van der Waals surface area contributed by atoms with Gasteiger partial charge < -0.3 is 4.74 Å². The Morgan fingerprint density at radius 2 is 2.00 bits per heavy atom.